The second-order valence-corrected chi connectivity index (χ2v) is 6.14. The van der Waals surface area contributed by atoms with E-state index in [0.717, 1.165) is 36.6 Å². The van der Waals surface area contributed by atoms with Gasteiger partial charge in [0.2, 0.25) is 0 Å². The lowest BCUT2D eigenvalue weighted by Gasteiger charge is -2.19. The molecule has 0 bridgehead atoms. The van der Waals surface area contributed by atoms with Crippen LogP contribution in [0, 0.1) is 11.7 Å². The Kier molecular flexibility index (Phi) is 5.38. The van der Waals surface area contributed by atoms with Crippen molar-refractivity contribution in [2.45, 2.75) is 6.42 Å². The third-order valence-corrected chi connectivity index (χ3v) is 4.38. The predicted octanol–water partition coefficient (Wildman–Crippen LogP) is 3.48. The van der Waals surface area contributed by atoms with E-state index < -0.39 is 0 Å². The van der Waals surface area contributed by atoms with Crippen molar-refractivity contribution in [3.8, 4) is 5.75 Å². The first-order valence-corrected chi connectivity index (χ1v) is 8.33. The van der Waals surface area contributed by atoms with Crippen molar-refractivity contribution in [1.82, 2.24) is 5.32 Å². The third-order valence-electron chi connectivity index (χ3n) is 4.38. The zero-order valence-corrected chi connectivity index (χ0v) is 14.2. The SMILES string of the molecule is COc1ccc(NC(=O)NC[C@H]2CCN(c3ccc(F)cc3)C2)cc1. The summed E-state index contributed by atoms with van der Waals surface area (Å²) in [6.45, 7) is 2.38. The van der Waals surface area contributed by atoms with Gasteiger partial charge in [0.15, 0.2) is 0 Å². The van der Waals surface area contributed by atoms with Gasteiger partial charge in [-0.2, -0.15) is 0 Å². The van der Waals surface area contributed by atoms with E-state index in [1.54, 1.807) is 43.5 Å². The number of carbonyl (C=O) groups excluding carboxylic acids is 1. The van der Waals surface area contributed by atoms with Crippen LogP contribution in [-0.4, -0.2) is 32.8 Å². The zero-order chi connectivity index (χ0) is 17.6. The number of hydrogen-bond donors (Lipinski definition) is 2. The molecule has 0 radical (unpaired) electrons. The molecule has 1 aliphatic rings. The molecule has 1 saturated heterocycles. The molecule has 3 rings (SSSR count). The van der Waals surface area contributed by atoms with Crippen LogP contribution in [0.5, 0.6) is 5.75 Å². The lowest BCUT2D eigenvalue weighted by Crippen LogP contribution is -2.34. The topological polar surface area (TPSA) is 53.6 Å². The number of benzene rings is 2. The average Bonchev–Trinajstić information content (AvgIpc) is 3.10. The third kappa shape index (κ3) is 4.62. The highest BCUT2D eigenvalue weighted by Crippen LogP contribution is 2.23. The van der Waals surface area contributed by atoms with Gasteiger partial charge >= 0.3 is 6.03 Å². The molecule has 1 fully saturated rings. The molecule has 2 aromatic rings. The Morgan fingerprint density at radius 1 is 1.20 bits per heavy atom. The number of anilines is 2. The van der Waals surface area contributed by atoms with Gasteiger partial charge in [-0.05, 0) is 60.9 Å². The van der Waals surface area contributed by atoms with Gasteiger partial charge in [0.05, 0.1) is 7.11 Å². The van der Waals surface area contributed by atoms with Gasteiger partial charge < -0.3 is 20.3 Å². The van der Waals surface area contributed by atoms with Crippen LogP contribution < -0.4 is 20.3 Å². The highest BCUT2D eigenvalue weighted by molar-refractivity contribution is 5.89. The fourth-order valence-corrected chi connectivity index (χ4v) is 2.97. The average molecular weight is 343 g/mol. The quantitative estimate of drug-likeness (QED) is 0.874. The summed E-state index contributed by atoms with van der Waals surface area (Å²) in [5.41, 5.74) is 1.74. The van der Waals surface area contributed by atoms with Crippen LogP contribution in [0.1, 0.15) is 6.42 Å². The molecule has 2 amide bonds. The van der Waals surface area contributed by atoms with Crippen LogP contribution in [0.2, 0.25) is 0 Å². The molecular formula is C19H22FN3O2. The summed E-state index contributed by atoms with van der Waals surface area (Å²) in [5.74, 6) is 0.904. The normalized spacial score (nSPS) is 16.6. The molecule has 1 heterocycles. The number of nitrogens with zero attached hydrogens (tertiary/aromatic N) is 1. The van der Waals surface area contributed by atoms with Gasteiger partial charge in [-0.25, -0.2) is 9.18 Å². The molecule has 0 aromatic heterocycles. The van der Waals surface area contributed by atoms with E-state index in [1.165, 1.54) is 12.1 Å². The van der Waals surface area contributed by atoms with Gasteiger partial charge in [-0.15, -0.1) is 0 Å². The molecule has 0 aliphatic carbocycles. The standard InChI is InChI=1S/C19H22FN3O2/c1-25-18-8-4-16(5-9-18)22-19(24)21-12-14-10-11-23(13-14)17-6-2-15(20)3-7-17/h2-9,14H,10-13H2,1H3,(H2,21,22,24)/t14-/m1/s1. The van der Waals surface area contributed by atoms with E-state index in [1.807, 2.05) is 0 Å². The van der Waals surface area contributed by atoms with Crippen LogP contribution in [0.4, 0.5) is 20.6 Å². The number of ether oxygens (including phenoxy) is 1. The number of hydrogen-bond acceptors (Lipinski definition) is 3. The number of nitrogens with one attached hydrogen (secondary N) is 2. The summed E-state index contributed by atoms with van der Waals surface area (Å²) in [6, 6.07) is 13.5. The number of carbonyl (C=O) groups is 1. The molecule has 0 spiro atoms. The van der Waals surface area contributed by atoms with Crippen molar-refractivity contribution in [2.75, 3.05) is 37.0 Å². The van der Waals surface area contributed by atoms with E-state index in [2.05, 4.69) is 15.5 Å². The number of amides is 2. The molecule has 0 saturated carbocycles. The molecule has 2 aromatic carbocycles. The highest BCUT2D eigenvalue weighted by atomic mass is 19.1. The molecule has 25 heavy (non-hydrogen) atoms. The van der Waals surface area contributed by atoms with Crippen molar-refractivity contribution in [3.63, 3.8) is 0 Å². The minimum absolute atomic E-state index is 0.217. The van der Waals surface area contributed by atoms with Crippen LogP contribution in [0.25, 0.3) is 0 Å². The monoisotopic (exact) mass is 343 g/mol. The summed E-state index contributed by atoms with van der Waals surface area (Å²) in [6.07, 6.45) is 1.00. The first kappa shape index (κ1) is 17.1. The molecule has 2 N–H and O–H groups in total. The van der Waals surface area contributed by atoms with Crippen molar-refractivity contribution < 1.29 is 13.9 Å². The van der Waals surface area contributed by atoms with E-state index in [9.17, 15) is 9.18 Å². The highest BCUT2D eigenvalue weighted by Gasteiger charge is 2.23. The van der Waals surface area contributed by atoms with Crippen LogP contribution in [0.3, 0.4) is 0 Å². The van der Waals surface area contributed by atoms with Crippen LogP contribution in [-0.2, 0) is 0 Å². The maximum absolute atomic E-state index is 13.0. The Morgan fingerprint density at radius 3 is 2.60 bits per heavy atom. The van der Waals surface area contributed by atoms with Gasteiger partial charge in [0.1, 0.15) is 11.6 Å². The maximum Gasteiger partial charge on any atom is 0.319 e. The smallest absolute Gasteiger partial charge is 0.319 e. The number of rotatable bonds is 5. The fourth-order valence-electron chi connectivity index (χ4n) is 2.97. The van der Waals surface area contributed by atoms with Crippen LogP contribution in [0.15, 0.2) is 48.5 Å². The summed E-state index contributed by atoms with van der Waals surface area (Å²) < 4.78 is 18.1. The molecule has 132 valence electrons. The molecule has 1 aliphatic heterocycles. The van der Waals surface area contributed by atoms with Crippen molar-refractivity contribution in [3.05, 3.63) is 54.3 Å². The molecule has 1 atom stereocenters. The summed E-state index contributed by atoms with van der Waals surface area (Å²) >= 11 is 0. The first-order chi connectivity index (χ1) is 12.1. The van der Waals surface area contributed by atoms with Crippen molar-refractivity contribution in [1.29, 1.82) is 0 Å². The van der Waals surface area contributed by atoms with Gasteiger partial charge in [0.25, 0.3) is 0 Å². The van der Waals surface area contributed by atoms with Gasteiger partial charge in [-0.3, -0.25) is 0 Å². The van der Waals surface area contributed by atoms with Crippen LogP contribution >= 0.6 is 0 Å². The number of methoxy groups -OCH3 is 1. The summed E-state index contributed by atoms with van der Waals surface area (Å²) in [5, 5.41) is 5.72. The Morgan fingerprint density at radius 2 is 1.92 bits per heavy atom. The first-order valence-electron chi connectivity index (χ1n) is 8.33. The maximum atomic E-state index is 13.0. The molecule has 5 nitrogen and oxygen atoms in total. The largest absolute Gasteiger partial charge is 0.497 e. The lowest BCUT2D eigenvalue weighted by molar-refractivity contribution is 0.250. The second kappa shape index (κ2) is 7.88. The molecule has 0 unspecified atom stereocenters. The Balaban J connectivity index is 1.44. The minimum Gasteiger partial charge on any atom is -0.497 e. The van der Waals surface area contributed by atoms with E-state index in [-0.39, 0.29) is 11.8 Å². The summed E-state index contributed by atoms with van der Waals surface area (Å²) in [7, 11) is 1.60. The van der Waals surface area contributed by atoms with Gasteiger partial charge in [0, 0.05) is 31.0 Å². The van der Waals surface area contributed by atoms with Crippen molar-refractivity contribution >= 4 is 17.4 Å². The Labute approximate surface area is 146 Å². The van der Waals surface area contributed by atoms with Gasteiger partial charge in [-0.1, -0.05) is 0 Å². The van der Waals surface area contributed by atoms with E-state index >= 15 is 0 Å². The predicted molar refractivity (Wildman–Crippen MR) is 96.7 cm³/mol. The Bertz CT molecular complexity index is 704. The lowest BCUT2D eigenvalue weighted by atomic mass is 10.1. The Hall–Kier alpha value is -2.76. The molecular weight excluding hydrogens is 321 g/mol. The minimum atomic E-state index is -0.226. The fraction of sp³-hybridized carbons (Fsp3) is 0.316. The summed E-state index contributed by atoms with van der Waals surface area (Å²) in [4.78, 5) is 14.2. The molecule has 6 heteroatoms. The number of halogens is 1. The number of urea groups is 1. The zero-order valence-electron chi connectivity index (χ0n) is 14.2. The second-order valence-electron chi connectivity index (χ2n) is 6.14. The van der Waals surface area contributed by atoms with E-state index in [0.29, 0.717) is 12.5 Å². The van der Waals surface area contributed by atoms with Crippen molar-refractivity contribution in [2.24, 2.45) is 5.92 Å². The van der Waals surface area contributed by atoms with E-state index in [4.69, 9.17) is 4.74 Å².